The number of amides is 3. The normalized spacial score (nSPS) is 14.8. The van der Waals surface area contributed by atoms with Crippen molar-refractivity contribution < 1.29 is 14.4 Å². The van der Waals surface area contributed by atoms with Crippen molar-refractivity contribution in [2.45, 2.75) is 25.7 Å². The molecule has 0 unspecified atom stereocenters. The lowest BCUT2D eigenvalue weighted by molar-refractivity contribution is -0.138. The summed E-state index contributed by atoms with van der Waals surface area (Å²) in [5.41, 5.74) is 0. The summed E-state index contributed by atoms with van der Waals surface area (Å²) in [6.45, 7) is 0.284. The molecule has 1 aromatic rings. The summed E-state index contributed by atoms with van der Waals surface area (Å²) in [6.07, 6.45) is 4.25. The Morgan fingerprint density at radius 1 is 1.25 bits per heavy atom. The van der Waals surface area contributed by atoms with E-state index in [1.807, 2.05) is 0 Å². The van der Waals surface area contributed by atoms with Crippen molar-refractivity contribution in [1.82, 2.24) is 14.9 Å². The van der Waals surface area contributed by atoms with E-state index in [1.165, 1.54) is 17.3 Å². The Hall–Kier alpha value is -1.83. The molecule has 1 aromatic heterocycles. The number of rotatable bonds is 5. The Morgan fingerprint density at radius 3 is 2.45 bits per heavy atom. The van der Waals surface area contributed by atoms with E-state index in [9.17, 15) is 14.4 Å². The average Bonchev–Trinajstić information content (AvgIpc) is 2.73. The third kappa shape index (κ3) is 3.83. The van der Waals surface area contributed by atoms with E-state index in [0.717, 1.165) is 4.47 Å². The molecular formula is C12H13BrN4O3. The zero-order valence-electron chi connectivity index (χ0n) is 10.6. The second-order valence-corrected chi connectivity index (χ2v) is 5.23. The summed E-state index contributed by atoms with van der Waals surface area (Å²) in [5, 5.41) is 2.55. The molecule has 8 heteroatoms. The first-order chi connectivity index (χ1) is 9.56. The molecule has 20 heavy (non-hydrogen) atoms. The minimum absolute atomic E-state index is 0.161. The van der Waals surface area contributed by atoms with Gasteiger partial charge < -0.3 is 0 Å². The minimum atomic E-state index is -0.244. The van der Waals surface area contributed by atoms with Gasteiger partial charge in [0.2, 0.25) is 23.7 Å². The first kappa shape index (κ1) is 14.6. The number of nitrogens with zero attached hydrogens (tertiary/aromatic N) is 3. The van der Waals surface area contributed by atoms with E-state index < -0.39 is 0 Å². The molecule has 106 valence electrons. The minimum Gasteiger partial charge on any atom is -0.295 e. The molecule has 0 atom stereocenters. The number of imide groups is 1. The van der Waals surface area contributed by atoms with Gasteiger partial charge in [-0.25, -0.2) is 9.97 Å². The van der Waals surface area contributed by atoms with Gasteiger partial charge in [0.05, 0.1) is 4.47 Å². The Balaban J connectivity index is 1.74. The maximum atomic E-state index is 11.6. The largest absolute Gasteiger partial charge is 0.295 e. The number of carbonyl (C=O) groups is 3. The molecular weight excluding hydrogens is 328 g/mol. The van der Waals surface area contributed by atoms with Crippen LogP contribution in [0.4, 0.5) is 5.95 Å². The van der Waals surface area contributed by atoms with E-state index in [4.69, 9.17) is 0 Å². The first-order valence-electron chi connectivity index (χ1n) is 6.17. The van der Waals surface area contributed by atoms with Crippen LogP contribution in [-0.2, 0) is 14.4 Å². The molecule has 1 aliphatic heterocycles. The van der Waals surface area contributed by atoms with Crippen molar-refractivity contribution in [3.63, 3.8) is 0 Å². The highest BCUT2D eigenvalue weighted by molar-refractivity contribution is 9.10. The second-order valence-electron chi connectivity index (χ2n) is 4.32. The maximum Gasteiger partial charge on any atom is 0.229 e. The number of nitrogens with one attached hydrogen (secondary N) is 1. The maximum absolute atomic E-state index is 11.6. The lowest BCUT2D eigenvalue weighted by Gasteiger charge is -2.12. The molecule has 7 nitrogen and oxygen atoms in total. The highest BCUT2D eigenvalue weighted by Gasteiger charge is 2.28. The smallest absolute Gasteiger partial charge is 0.229 e. The van der Waals surface area contributed by atoms with Gasteiger partial charge in [-0.3, -0.25) is 24.6 Å². The van der Waals surface area contributed by atoms with Crippen LogP contribution in [0, 0.1) is 0 Å². The van der Waals surface area contributed by atoms with Crippen molar-refractivity contribution in [2.24, 2.45) is 0 Å². The van der Waals surface area contributed by atoms with Gasteiger partial charge in [0.15, 0.2) is 0 Å². The molecule has 1 fully saturated rings. The quantitative estimate of drug-likeness (QED) is 0.810. The number of aromatic nitrogens is 2. The van der Waals surface area contributed by atoms with Gasteiger partial charge in [-0.05, 0) is 22.4 Å². The topological polar surface area (TPSA) is 92.3 Å². The summed E-state index contributed by atoms with van der Waals surface area (Å²) in [7, 11) is 0. The Kier molecular flexibility index (Phi) is 4.78. The zero-order valence-corrected chi connectivity index (χ0v) is 12.2. The number of carbonyl (C=O) groups excluding carboxylic acids is 3. The van der Waals surface area contributed by atoms with Crippen LogP contribution >= 0.6 is 15.9 Å². The number of anilines is 1. The highest BCUT2D eigenvalue weighted by Crippen LogP contribution is 2.12. The van der Waals surface area contributed by atoms with Crippen molar-refractivity contribution in [1.29, 1.82) is 0 Å². The summed E-state index contributed by atoms with van der Waals surface area (Å²) in [6, 6.07) is 0. The molecule has 1 saturated heterocycles. The predicted octanol–water partition coefficient (Wildman–Crippen LogP) is 1.11. The fourth-order valence-electron chi connectivity index (χ4n) is 1.83. The predicted molar refractivity (Wildman–Crippen MR) is 73.5 cm³/mol. The van der Waals surface area contributed by atoms with Crippen molar-refractivity contribution in [2.75, 3.05) is 11.9 Å². The summed E-state index contributed by atoms with van der Waals surface area (Å²) >= 11 is 3.20. The SMILES string of the molecule is O=C(CCCN1C(=O)CCC1=O)Nc1ncc(Br)cn1. The van der Waals surface area contributed by atoms with Crippen molar-refractivity contribution >= 4 is 39.6 Å². The van der Waals surface area contributed by atoms with Crippen LogP contribution in [0.15, 0.2) is 16.9 Å². The molecule has 1 aliphatic rings. The molecule has 1 N–H and O–H groups in total. The summed E-state index contributed by atoms with van der Waals surface area (Å²) in [5.74, 6) is -0.337. The van der Waals surface area contributed by atoms with Gasteiger partial charge in [0, 0.05) is 38.2 Å². The monoisotopic (exact) mass is 340 g/mol. The Bertz CT molecular complexity index is 516. The highest BCUT2D eigenvalue weighted by atomic mass is 79.9. The number of likely N-dealkylation sites (tertiary alicyclic amines) is 1. The fourth-order valence-corrected chi connectivity index (χ4v) is 2.04. The molecule has 3 amide bonds. The van der Waals surface area contributed by atoms with Gasteiger partial charge in [-0.2, -0.15) is 0 Å². The van der Waals surface area contributed by atoms with Crippen LogP contribution in [0.1, 0.15) is 25.7 Å². The standard InChI is InChI=1S/C12H13BrN4O3/c13-8-6-14-12(15-7-8)16-9(18)2-1-5-17-10(19)3-4-11(17)20/h6-7H,1-5H2,(H,14,15,16,18). The lowest BCUT2D eigenvalue weighted by atomic mass is 10.3. The van der Waals surface area contributed by atoms with E-state index in [1.54, 1.807) is 0 Å². The van der Waals surface area contributed by atoms with Gasteiger partial charge in [0.1, 0.15) is 0 Å². The van der Waals surface area contributed by atoms with Gasteiger partial charge >= 0.3 is 0 Å². The average molecular weight is 341 g/mol. The number of hydrogen-bond acceptors (Lipinski definition) is 5. The third-order valence-electron chi connectivity index (χ3n) is 2.81. The first-order valence-corrected chi connectivity index (χ1v) is 6.96. The van der Waals surface area contributed by atoms with Crippen LogP contribution in [0.25, 0.3) is 0 Å². The van der Waals surface area contributed by atoms with E-state index in [-0.39, 0.29) is 49.5 Å². The van der Waals surface area contributed by atoms with Crippen LogP contribution in [-0.4, -0.2) is 39.1 Å². The van der Waals surface area contributed by atoms with Crippen molar-refractivity contribution in [3.05, 3.63) is 16.9 Å². The molecule has 2 heterocycles. The van der Waals surface area contributed by atoms with Crippen LogP contribution < -0.4 is 5.32 Å². The van der Waals surface area contributed by atoms with Gasteiger partial charge in [-0.1, -0.05) is 0 Å². The summed E-state index contributed by atoms with van der Waals surface area (Å²) in [4.78, 5) is 43.4. The fraction of sp³-hybridized carbons (Fsp3) is 0.417. The molecule has 0 aromatic carbocycles. The van der Waals surface area contributed by atoms with Crippen LogP contribution in [0.2, 0.25) is 0 Å². The molecule has 0 bridgehead atoms. The van der Waals surface area contributed by atoms with Crippen LogP contribution in [0.5, 0.6) is 0 Å². The summed E-state index contributed by atoms with van der Waals surface area (Å²) < 4.78 is 0.724. The molecule has 0 saturated carbocycles. The molecule has 0 radical (unpaired) electrons. The lowest BCUT2D eigenvalue weighted by Crippen LogP contribution is -2.30. The number of halogens is 1. The Morgan fingerprint density at radius 2 is 1.85 bits per heavy atom. The molecule has 2 rings (SSSR count). The molecule has 0 aliphatic carbocycles. The van der Waals surface area contributed by atoms with Gasteiger partial charge in [0.25, 0.3) is 0 Å². The zero-order chi connectivity index (χ0) is 14.5. The van der Waals surface area contributed by atoms with Gasteiger partial charge in [-0.15, -0.1) is 0 Å². The van der Waals surface area contributed by atoms with E-state index >= 15 is 0 Å². The Labute approximate surface area is 123 Å². The van der Waals surface area contributed by atoms with E-state index in [2.05, 4.69) is 31.2 Å². The molecule has 0 spiro atoms. The second kappa shape index (κ2) is 6.56. The third-order valence-corrected chi connectivity index (χ3v) is 3.22. The van der Waals surface area contributed by atoms with E-state index in [0.29, 0.717) is 6.42 Å². The van der Waals surface area contributed by atoms with Crippen LogP contribution in [0.3, 0.4) is 0 Å². The van der Waals surface area contributed by atoms with Crippen molar-refractivity contribution in [3.8, 4) is 0 Å². The number of hydrogen-bond donors (Lipinski definition) is 1.